The average molecular weight is 420 g/mol. The lowest BCUT2D eigenvalue weighted by atomic mass is 10.1. The number of nitrogens with zero attached hydrogens (tertiary/aromatic N) is 2. The van der Waals surface area contributed by atoms with Crippen molar-refractivity contribution in [1.29, 1.82) is 0 Å². The van der Waals surface area contributed by atoms with E-state index in [0.29, 0.717) is 17.2 Å². The molecule has 154 valence electrons. The van der Waals surface area contributed by atoms with Crippen LogP contribution in [0, 0.1) is 0 Å². The zero-order chi connectivity index (χ0) is 20.8. The number of morpholine rings is 1. The highest BCUT2D eigenvalue weighted by atomic mass is 32.2. The van der Waals surface area contributed by atoms with Crippen molar-refractivity contribution < 1.29 is 9.53 Å². The third-order valence-electron chi connectivity index (χ3n) is 5.17. The predicted molar refractivity (Wildman–Crippen MR) is 119 cm³/mol. The van der Waals surface area contributed by atoms with Gasteiger partial charge < -0.3 is 10.5 Å². The fourth-order valence-electron chi connectivity index (χ4n) is 3.69. The zero-order valence-corrected chi connectivity index (χ0v) is 17.5. The van der Waals surface area contributed by atoms with Gasteiger partial charge in [0.15, 0.2) is 0 Å². The Bertz CT molecular complexity index is 968. The number of nitrogens with two attached hydrogens (primary N) is 1. The van der Waals surface area contributed by atoms with E-state index in [9.17, 15) is 4.79 Å². The summed E-state index contributed by atoms with van der Waals surface area (Å²) in [6.07, 6.45) is 1.66. The van der Waals surface area contributed by atoms with E-state index in [1.807, 2.05) is 24.3 Å². The molecule has 2 unspecified atom stereocenters. The van der Waals surface area contributed by atoms with Crippen molar-refractivity contribution in [3.8, 4) is 0 Å². The number of hydrogen-bond donors (Lipinski definition) is 1. The molecule has 0 bridgehead atoms. The Morgan fingerprint density at radius 3 is 2.57 bits per heavy atom. The first-order valence-electron chi connectivity index (χ1n) is 10.0. The van der Waals surface area contributed by atoms with Gasteiger partial charge in [-0.05, 0) is 23.3 Å². The third-order valence-corrected chi connectivity index (χ3v) is 6.55. The molecule has 2 aromatic carbocycles. The van der Waals surface area contributed by atoms with Gasteiger partial charge >= 0.3 is 0 Å². The summed E-state index contributed by atoms with van der Waals surface area (Å²) in [7, 11) is 0. The normalized spacial score (nSPS) is 18.1. The molecular weight excluding hydrogens is 394 g/mol. The topological polar surface area (TPSA) is 68.5 Å². The Hall–Kier alpha value is -2.67. The van der Waals surface area contributed by atoms with Crippen LogP contribution < -0.4 is 5.73 Å². The van der Waals surface area contributed by atoms with Crippen LogP contribution in [0.4, 0.5) is 0 Å². The van der Waals surface area contributed by atoms with E-state index in [1.54, 1.807) is 30.1 Å². The first kappa shape index (κ1) is 20.6. The van der Waals surface area contributed by atoms with Crippen LogP contribution in [-0.2, 0) is 11.3 Å². The molecule has 1 fully saturated rings. The highest BCUT2D eigenvalue weighted by Gasteiger charge is 2.31. The van der Waals surface area contributed by atoms with Gasteiger partial charge in [0, 0.05) is 25.8 Å². The lowest BCUT2D eigenvalue weighted by Gasteiger charge is -2.37. The van der Waals surface area contributed by atoms with Crippen molar-refractivity contribution in [3.63, 3.8) is 0 Å². The maximum atomic E-state index is 11.9. The van der Waals surface area contributed by atoms with Crippen LogP contribution in [0.2, 0.25) is 0 Å². The molecule has 2 N–H and O–H groups in total. The lowest BCUT2D eigenvalue weighted by Crippen LogP contribution is -2.44. The third kappa shape index (κ3) is 5.08. The predicted octanol–water partition coefficient (Wildman–Crippen LogP) is 3.91. The average Bonchev–Trinajstić information content (AvgIpc) is 2.79. The maximum absolute atomic E-state index is 11.9. The quantitative estimate of drug-likeness (QED) is 0.588. The molecule has 2 atom stereocenters. The Balaban J connectivity index is 1.58. The SMILES string of the molecule is NC(=O)c1cccnc1SC(c1ccccc1)C1CN(Cc2ccccc2)CCO1. The molecule has 4 rings (SSSR count). The van der Waals surface area contributed by atoms with Gasteiger partial charge in [0.25, 0.3) is 5.91 Å². The number of hydrogen-bond acceptors (Lipinski definition) is 5. The van der Waals surface area contributed by atoms with E-state index < -0.39 is 5.91 Å². The molecule has 30 heavy (non-hydrogen) atoms. The molecule has 3 aromatic rings. The number of aromatic nitrogens is 1. The standard InChI is InChI=1S/C24H25N3O2S/c25-23(28)20-12-7-13-26-24(20)30-22(19-10-5-2-6-11-19)21-17-27(14-15-29-21)16-18-8-3-1-4-9-18/h1-13,21-22H,14-17H2,(H2,25,28). The van der Waals surface area contributed by atoms with Crippen molar-refractivity contribution in [2.45, 2.75) is 22.9 Å². The van der Waals surface area contributed by atoms with Crippen LogP contribution in [0.25, 0.3) is 0 Å². The fraction of sp³-hybridized carbons (Fsp3) is 0.250. The fourth-order valence-corrected chi connectivity index (χ4v) is 4.96. The first-order chi connectivity index (χ1) is 14.7. The molecule has 1 saturated heterocycles. The van der Waals surface area contributed by atoms with E-state index >= 15 is 0 Å². The molecule has 5 nitrogen and oxygen atoms in total. The van der Waals surface area contributed by atoms with Gasteiger partial charge in [-0.25, -0.2) is 4.98 Å². The Kier molecular flexibility index (Phi) is 6.79. The van der Waals surface area contributed by atoms with Crippen LogP contribution in [0.1, 0.15) is 26.7 Å². The molecule has 0 saturated carbocycles. The molecule has 1 aromatic heterocycles. The first-order valence-corrected chi connectivity index (χ1v) is 10.9. The van der Waals surface area contributed by atoms with Crippen molar-refractivity contribution in [2.75, 3.05) is 19.7 Å². The summed E-state index contributed by atoms with van der Waals surface area (Å²) in [5.41, 5.74) is 8.47. The Morgan fingerprint density at radius 1 is 1.10 bits per heavy atom. The van der Waals surface area contributed by atoms with Crippen LogP contribution in [0.15, 0.2) is 84.0 Å². The summed E-state index contributed by atoms with van der Waals surface area (Å²) in [5, 5.41) is 0.639. The van der Waals surface area contributed by atoms with Crippen LogP contribution >= 0.6 is 11.8 Å². The number of ether oxygens (including phenoxy) is 1. The second-order valence-corrected chi connectivity index (χ2v) is 8.43. The maximum Gasteiger partial charge on any atom is 0.251 e. The number of amides is 1. The summed E-state index contributed by atoms with van der Waals surface area (Å²) >= 11 is 1.55. The van der Waals surface area contributed by atoms with Crippen molar-refractivity contribution >= 4 is 17.7 Å². The summed E-state index contributed by atoms with van der Waals surface area (Å²) in [6, 6.07) is 24.2. The molecule has 0 radical (unpaired) electrons. The van der Waals surface area contributed by atoms with Crippen LogP contribution in [0.5, 0.6) is 0 Å². The molecule has 1 aliphatic rings. The van der Waals surface area contributed by atoms with Gasteiger partial charge in [-0.1, -0.05) is 72.4 Å². The summed E-state index contributed by atoms with van der Waals surface area (Å²) in [4.78, 5) is 18.8. The molecule has 1 amide bonds. The van der Waals surface area contributed by atoms with Crippen LogP contribution in [0.3, 0.4) is 0 Å². The highest BCUT2D eigenvalue weighted by molar-refractivity contribution is 7.99. The molecule has 2 heterocycles. The molecule has 0 aliphatic carbocycles. The van der Waals surface area contributed by atoms with Gasteiger partial charge in [-0.15, -0.1) is 0 Å². The number of benzene rings is 2. The molecular formula is C24H25N3O2S. The Morgan fingerprint density at radius 2 is 1.83 bits per heavy atom. The number of carbonyl (C=O) groups is 1. The van der Waals surface area contributed by atoms with Gasteiger partial charge in [0.05, 0.1) is 23.5 Å². The van der Waals surface area contributed by atoms with Crippen LogP contribution in [-0.4, -0.2) is 41.6 Å². The van der Waals surface area contributed by atoms with E-state index in [1.165, 1.54) is 5.56 Å². The van der Waals surface area contributed by atoms with Gasteiger partial charge in [-0.2, -0.15) is 0 Å². The zero-order valence-electron chi connectivity index (χ0n) is 16.7. The van der Waals surface area contributed by atoms with E-state index in [4.69, 9.17) is 10.5 Å². The van der Waals surface area contributed by atoms with E-state index in [0.717, 1.165) is 25.2 Å². The number of thioether (sulfide) groups is 1. The molecule has 0 spiro atoms. The van der Waals surface area contributed by atoms with Gasteiger partial charge in [0.1, 0.15) is 5.03 Å². The largest absolute Gasteiger partial charge is 0.374 e. The minimum atomic E-state index is -0.465. The minimum Gasteiger partial charge on any atom is -0.374 e. The van der Waals surface area contributed by atoms with Crippen molar-refractivity contribution in [1.82, 2.24) is 9.88 Å². The molecule has 6 heteroatoms. The second kappa shape index (κ2) is 9.89. The molecule has 1 aliphatic heterocycles. The smallest absolute Gasteiger partial charge is 0.251 e. The number of pyridine rings is 1. The number of carbonyl (C=O) groups excluding carboxylic acids is 1. The van der Waals surface area contributed by atoms with Crippen molar-refractivity contribution in [2.24, 2.45) is 5.73 Å². The van der Waals surface area contributed by atoms with Gasteiger partial charge in [-0.3, -0.25) is 9.69 Å². The number of primary amides is 1. The number of rotatable bonds is 7. The highest BCUT2D eigenvalue weighted by Crippen LogP contribution is 2.40. The monoisotopic (exact) mass is 419 g/mol. The summed E-state index contributed by atoms with van der Waals surface area (Å²) < 4.78 is 6.23. The van der Waals surface area contributed by atoms with E-state index in [2.05, 4.69) is 46.3 Å². The summed E-state index contributed by atoms with van der Waals surface area (Å²) in [6.45, 7) is 3.27. The Labute approximate surface area is 181 Å². The van der Waals surface area contributed by atoms with Gasteiger partial charge in [0.2, 0.25) is 0 Å². The lowest BCUT2D eigenvalue weighted by molar-refractivity contribution is -0.0320. The second-order valence-electron chi connectivity index (χ2n) is 7.30. The van der Waals surface area contributed by atoms with E-state index in [-0.39, 0.29) is 11.4 Å². The minimum absolute atomic E-state index is 0.00206. The summed E-state index contributed by atoms with van der Waals surface area (Å²) in [5.74, 6) is -0.465. The van der Waals surface area contributed by atoms with Crippen molar-refractivity contribution in [3.05, 3.63) is 95.7 Å².